The second kappa shape index (κ2) is 6.18. The van der Waals surface area contributed by atoms with Gasteiger partial charge in [-0.05, 0) is 27.1 Å². The summed E-state index contributed by atoms with van der Waals surface area (Å²) in [6.07, 6.45) is 0.984. The maximum absolute atomic E-state index is 12.0. The molecular formula is C11H23N3O2. The van der Waals surface area contributed by atoms with Crippen LogP contribution >= 0.6 is 0 Å². The van der Waals surface area contributed by atoms with Gasteiger partial charge in [-0.25, -0.2) is 0 Å². The quantitative estimate of drug-likeness (QED) is 0.682. The number of nitrogens with zero attached hydrogens (tertiary/aromatic N) is 2. The number of rotatable bonds is 5. The molecule has 5 nitrogen and oxygen atoms in total. The monoisotopic (exact) mass is 229 g/mol. The van der Waals surface area contributed by atoms with Crippen molar-refractivity contribution < 1.29 is 9.53 Å². The van der Waals surface area contributed by atoms with Crippen molar-refractivity contribution in [2.75, 3.05) is 47.4 Å². The molecule has 1 aliphatic rings. The van der Waals surface area contributed by atoms with Crippen molar-refractivity contribution in [2.24, 2.45) is 11.7 Å². The van der Waals surface area contributed by atoms with E-state index >= 15 is 0 Å². The van der Waals surface area contributed by atoms with Crippen molar-refractivity contribution >= 4 is 5.91 Å². The molecule has 1 fully saturated rings. The molecule has 2 unspecified atom stereocenters. The van der Waals surface area contributed by atoms with Crippen LogP contribution in [0.2, 0.25) is 0 Å². The minimum atomic E-state index is -0.149. The minimum absolute atomic E-state index is 0.115. The summed E-state index contributed by atoms with van der Waals surface area (Å²) < 4.78 is 5.20. The van der Waals surface area contributed by atoms with Gasteiger partial charge in [0.05, 0.1) is 19.1 Å². The zero-order valence-electron chi connectivity index (χ0n) is 10.5. The van der Waals surface area contributed by atoms with Crippen LogP contribution in [0.15, 0.2) is 0 Å². The summed E-state index contributed by atoms with van der Waals surface area (Å²) in [6, 6.07) is -0.135. The predicted octanol–water partition coefficient (Wildman–Crippen LogP) is -0.630. The molecule has 2 atom stereocenters. The number of amides is 1. The van der Waals surface area contributed by atoms with Crippen molar-refractivity contribution in [3.8, 4) is 0 Å². The Morgan fingerprint density at radius 3 is 2.50 bits per heavy atom. The van der Waals surface area contributed by atoms with Crippen LogP contribution in [-0.2, 0) is 9.53 Å². The summed E-state index contributed by atoms with van der Waals surface area (Å²) in [7, 11) is 5.90. The molecule has 0 aromatic rings. The van der Waals surface area contributed by atoms with Gasteiger partial charge in [-0.1, -0.05) is 0 Å². The highest BCUT2D eigenvalue weighted by Crippen LogP contribution is 2.14. The average Bonchev–Trinajstić information content (AvgIpc) is 2.62. The van der Waals surface area contributed by atoms with Gasteiger partial charge in [0.15, 0.2) is 0 Å². The molecule has 5 heteroatoms. The fraction of sp³-hybridized carbons (Fsp3) is 0.909. The average molecular weight is 229 g/mol. The molecule has 0 bridgehead atoms. The van der Waals surface area contributed by atoms with E-state index in [9.17, 15) is 4.79 Å². The topological polar surface area (TPSA) is 58.8 Å². The van der Waals surface area contributed by atoms with Gasteiger partial charge in [-0.2, -0.15) is 0 Å². The van der Waals surface area contributed by atoms with E-state index in [1.54, 1.807) is 4.90 Å². The van der Waals surface area contributed by atoms with Crippen LogP contribution in [0, 0.1) is 5.92 Å². The predicted molar refractivity (Wildman–Crippen MR) is 63.1 cm³/mol. The van der Waals surface area contributed by atoms with Crippen LogP contribution in [0.3, 0.4) is 0 Å². The molecule has 0 aromatic heterocycles. The zero-order valence-corrected chi connectivity index (χ0v) is 10.5. The van der Waals surface area contributed by atoms with Gasteiger partial charge in [-0.15, -0.1) is 0 Å². The van der Waals surface area contributed by atoms with E-state index in [-0.39, 0.29) is 17.9 Å². The number of nitrogens with two attached hydrogens (primary N) is 1. The molecule has 1 amide bonds. The lowest BCUT2D eigenvalue weighted by molar-refractivity contribution is -0.134. The molecular weight excluding hydrogens is 206 g/mol. The van der Waals surface area contributed by atoms with Crippen LogP contribution < -0.4 is 5.73 Å². The summed E-state index contributed by atoms with van der Waals surface area (Å²) in [4.78, 5) is 15.9. The van der Waals surface area contributed by atoms with E-state index in [4.69, 9.17) is 10.5 Å². The van der Waals surface area contributed by atoms with Crippen LogP contribution in [0.1, 0.15) is 6.42 Å². The Bertz CT molecular complexity index is 233. The minimum Gasteiger partial charge on any atom is -0.379 e. The second-order valence-corrected chi connectivity index (χ2v) is 4.72. The van der Waals surface area contributed by atoms with Crippen molar-refractivity contribution in [2.45, 2.75) is 12.5 Å². The van der Waals surface area contributed by atoms with Gasteiger partial charge >= 0.3 is 0 Å². The van der Waals surface area contributed by atoms with Gasteiger partial charge < -0.3 is 20.3 Å². The van der Waals surface area contributed by atoms with Crippen molar-refractivity contribution in [3.63, 3.8) is 0 Å². The Morgan fingerprint density at radius 1 is 1.31 bits per heavy atom. The van der Waals surface area contributed by atoms with Gasteiger partial charge in [0.25, 0.3) is 0 Å². The lowest BCUT2D eigenvalue weighted by atomic mass is 10.0. The zero-order chi connectivity index (χ0) is 12.1. The summed E-state index contributed by atoms with van der Waals surface area (Å²) in [5.74, 6) is -0.0342. The Hall–Kier alpha value is -0.650. The maximum atomic E-state index is 12.0. The number of ether oxygens (including phenoxy) is 1. The molecule has 94 valence electrons. The first-order chi connectivity index (χ1) is 7.52. The van der Waals surface area contributed by atoms with E-state index in [1.165, 1.54) is 0 Å². The summed E-state index contributed by atoms with van der Waals surface area (Å²) in [5.41, 5.74) is 5.81. The van der Waals surface area contributed by atoms with Gasteiger partial charge in [-0.3, -0.25) is 4.79 Å². The van der Waals surface area contributed by atoms with Gasteiger partial charge in [0, 0.05) is 19.6 Å². The third kappa shape index (κ3) is 3.73. The Morgan fingerprint density at radius 2 is 2.00 bits per heavy atom. The standard InChI is InChI=1S/C11H23N3O2/c1-13(2)5-4-6-14(3)11(15)9-7-16-8-10(9)12/h9-10H,4-8,12H2,1-3H3. The van der Waals surface area contributed by atoms with E-state index in [2.05, 4.69) is 4.90 Å². The molecule has 2 N–H and O–H groups in total. The highest BCUT2D eigenvalue weighted by atomic mass is 16.5. The van der Waals surface area contributed by atoms with E-state index in [1.807, 2.05) is 21.1 Å². The third-order valence-corrected chi connectivity index (χ3v) is 2.92. The lowest BCUT2D eigenvalue weighted by Crippen LogP contribution is -2.42. The van der Waals surface area contributed by atoms with Gasteiger partial charge in [0.1, 0.15) is 0 Å². The molecule has 0 spiro atoms. The largest absolute Gasteiger partial charge is 0.379 e. The highest BCUT2D eigenvalue weighted by Gasteiger charge is 2.32. The first kappa shape index (κ1) is 13.4. The summed E-state index contributed by atoms with van der Waals surface area (Å²) in [5, 5.41) is 0. The SMILES string of the molecule is CN(C)CCCN(C)C(=O)C1COCC1N. The molecule has 0 aliphatic carbocycles. The number of carbonyl (C=O) groups is 1. The van der Waals surface area contributed by atoms with E-state index in [0.717, 1.165) is 19.5 Å². The van der Waals surface area contributed by atoms with Gasteiger partial charge in [0.2, 0.25) is 5.91 Å². The summed E-state index contributed by atoms with van der Waals surface area (Å²) >= 11 is 0. The molecule has 1 rings (SSSR count). The van der Waals surface area contributed by atoms with Crippen LogP contribution in [-0.4, -0.2) is 69.2 Å². The molecule has 0 radical (unpaired) electrons. The number of hydrogen-bond acceptors (Lipinski definition) is 4. The Labute approximate surface area is 97.5 Å². The van der Waals surface area contributed by atoms with Crippen LogP contribution in [0.5, 0.6) is 0 Å². The van der Waals surface area contributed by atoms with E-state index < -0.39 is 0 Å². The molecule has 0 aromatic carbocycles. The second-order valence-electron chi connectivity index (χ2n) is 4.72. The molecule has 1 saturated heterocycles. The lowest BCUT2D eigenvalue weighted by Gasteiger charge is -2.23. The first-order valence-electron chi connectivity index (χ1n) is 5.75. The number of carbonyl (C=O) groups excluding carboxylic acids is 1. The normalized spacial score (nSPS) is 25.1. The highest BCUT2D eigenvalue weighted by molar-refractivity contribution is 5.79. The Balaban J connectivity index is 2.30. The molecule has 1 aliphatic heterocycles. The van der Waals surface area contributed by atoms with Crippen LogP contribution in [0.25, 0.3) is 0 Å². The summed E-state index contributed by atoms with van der Waals surface area (Å²) in [6.45, 7) is 2.74. The molecule has 16 heavy (non-hydrogen) atoms. The first-order valence-corrected chi connectivity index (χ1v) is 5.75. The van der Waals surface area contributed by atoms with Crippen molar-refractivity contribution in [3.05, 3.63) is 0 Å². The fourth-order valence-electron chi connectivity index (χ4n) is 1.84. The third-order valence-electron chi connectivity index (χ3n) is 2.92. The fourth-order valence-corrected chi connectivity index (χ4v) is 1.84. The maximum Gasteiger partial charge on any atom is 0.229 e. The van der Waals surface area contributed by atoms with Crippen molar-refractivity contribution in [1.82, 2.24) is 9.80 Å². The van der Waals surface area contributed by atoms with Crippen molar-refractivity contribution in [1.29, 1.82) is 0 Å². The Kier molecular flexibility index (Phi) is 5.18. The van der Waals surface area contributed by atoms with E-state index in [0.29, 0.717) is 13.2 Å². The number of hydrogen-bond donors (Lipinski definition) is 1. The van der Waals surface area contributed by atoms with Crippen LogP contribution in [0.4, 0.5) is 0 Å². The smallest absolute Gasteiger partial charge is 0.229 e. The molecule has 0 saturated carbocycles. The molecule has 1 heterocycles.